The fourth-order valence-corrected chi connectivity index (χ4v) is 3.92. The van der Waals surface area contributed by atoms with Crippen molar-refractivity contribution in [3.05, 3.63) is 0 Å². The maximum Gasteiger partial charge on any atom is 0.187 e. The molecule has 0 aliphatic carbocycles. The number of ether oxygens (including phenoxy) is 5. The van der Waals surface area contributed by atoms with Crippen molar-refractivity contribution in [2.75, 3.05) is 6.61 Å². The van der Waals surface area contributed by atoms with Gasteiger partial charge in [-0.05, 0) is 13.8 Å². The summed E-state index contributed by atoms with van der Waals surface area (Å²) in [7, 11) is 0. The monoisotopic (exact) mass is 472 g/mol. The van der Waals surface area contributed by atoms with Gasteiger partial charge in [-0.15, -0.1) is 0 Å². The minimum absolute atomic E-state index is 0.714. The Morgan fingerprint density at radius 1 is 0.562 bits per heavy atom. The first-order valence-electron chi connectivity index (χ1n) is 10.3. The predicted molar refractivity (Wildman–Crippen MR) is 98.4 cm³/mol. The van der Waals surface area contributed by atoms with Gasteiger partial charge in [0.25, 0.3) is 0 Å². The number of hydrogen-bond donors (Lipinski definition) is 9. The van der Waals surface area contributed by atoms with Crippen LogP contribution in [-0.2, 0) is 23.7 Å². The molecule has 3 fully saturated rings. The molecule has 188 valence electrons. The van der Waals surface area contributed by atoms with Gasteiger partial charge in [-0.1, -0.05) is 0 Å². The van der Waals surface area contributed by atoms with Crippen molar-refractivity contribution in [3.63, 3.8) is 0 Å². The molecule has 14 nitrogen and oxygen atoms in total. The third-order valence-electron chi connectivity index (χ3n) is 6.02. The van der Waals surface area contributed by atoms with Gasteiger partial charge in [0.05, 0.1) is 18.8 Å². The fourth-order valence-electron chi connectivity index (χ4n) is 3.92. The lowest BCUT2D eigenvalue weighted by Gasteiger charge is -2.47. The molecule has 3 aliphatic rings. The van der Waals surface area contributed by atoms with E-state index < -0.39 is 98.7 Å². The van der Waals surface area contributed by atoms with Crippen molar-refractivity contribution in [2.24, 2.45) is 0 Å². The summed E-state index contributed by atoms with van der Waals surface area (Å²) in [5.41, 5.74) is 0. The van der Waals surface area contributed by atoms with Gasteiger partial charge < -0.3 is 69.6 Å². The Bertz CT molecular complexity index is 608. The molecule has 0 amide bonds. The van der Waals surface area contributed by atoms with Crippen LogP contribution in [-0.4, -0.2) is 145 Å². The molecule has 0 saturated carbocycles. The minimum Gasteiger partial charge on any atom is -0.394 e. The SMILES string of the molecule is C[C@@H]1O[C@@H](O[C@@H]2[C@@H](O)[C@H](C)OC(O)[C@@H]2O[C@H]2O[C@H](CO)[C@@H](O)[C@H](O)[C@@H]2O)[C@H](O)[C@H](O)[C@H]1O. The van der Waals surface area contributed by atoms with Crippen LogP contribution in [0.1, 0.15) is 13.8 Å². The molecule has 3 rings (SSSR count). The predicted octanol–water partition coefficient (Wildman–Crippen LogP) is -5.52. The third kappa shape index (κ3) is 4.94. The van der Waals surface area contributed by atoms with Crippen LogP contribution < -0.4 is 0 Å². The summed E-state index contributed by atoms with van der Waals surface area (Å²) in [5.74, 6) is 0. The van der Waals surface area contributed by atoms with E-state index in [0.717, 1.165) is 0 Å². The van der Waals surface area contributed by atoms with Gasteiger partial charge in [-0.2, -0.15) is 0 Å². The van der Waals surface area contributed by atoms with E-state index in [-0.39, 0.29) is 0 Å². The Morgan fingerprint density at radius 3 is 1.66 bits per heavy atom. The molecule has 0 aromatic rings. The van der Waals surface area contributed by atoms with Crippen molar-refractivity contribution < 1.29 is 69.6 Å². The van der Waals surface area contributed by atoms with Gasteiger partial charge in [0.1, 0.15) is 61.0 Å². The van der Waals surface area contributed by atoms with Gasteiger partial charge in [-0.25, -0.2) is 0 Å². The first kappa shape index (κ1) is 26.1. The van der Waals surface area contributed by atoms with Crippen LogP contribution >= 0.6 is 0 Å². The lowest BCUT2D eigenvalue weighted by atomic mass is 9.96. The average molecular weight is 472 g/mol. The molecule has 3 aliphatic heterocycles. The summed E-state index contributed by atoms with van der Waals surface area (Å²) >= 11 is 0. The number of hydrogen-bond acceptors (Lipinski definition) is 14. The normalized spacial score (nSPS) is 55.0. The second kappa shape index (κ2) is 10.4. The standard InChI is InChI=1S/C18H32O14/c1-4-7(20)10(23)12(25)17(29-4)31-14-8(21)5(2)28-16(27)15(14)32-18-13(26)11(24)9(22)6(3-19)30-18/h4-27H,3H2,1-2H3/t4-,5-,6+,7-,8-,9+,10+,11-,12+,13-,14+,15+,16?,17-,18+/m0/s1. The maximum atomic E-state index is 10.6. The van der Waals surface area contributed by atoms with E-state index in [9.17, 15) is 46.0 Å². The van der Waals surface area contributed by atoms with E-state index in [0.29, 0.717) is 0 Å². The lowest BCUT2D eigenvalue weighted by molar-refractivity contribution is -0.384. The molecule has 0 aromatic heterocycles. The van der Waals surface area contributed by atoms with Gasteiger partial charge in [0.2, 0.25) is 0 Å². The summed E-state index contributed by atoms with van der Waals surface area (Å²) in [6.07, 6.45) is -22.6. The lowest BCUT2D eigenvalue weighted by Crippen LogP contribution is -2.66. The van der Waals surface area contributed by atoms with Crippen molar-refractivity contribution in [2.45, 2.75) is 106 Å². The summed E-state index contributed by atoms with van der Waals surface area (Å²) in [5, 5.41) is 90.4. The van der Waals surface area contributed by atoms with Crippen LogP contribution in [0, 0.1) is 0 Å². The molecule has 0 radical (unpaired) electrons. The van der Waals surface area contributed by atoms with Crippen LogP contribution in [0.25, 0.3) is 0 Å². The van der Waals surface area contributed by atoms with Crippen LogP contribution in [0.4, 0.5) is 0 Å². The molecule has 0 aromatic carbocycles. The summed E-state index contributed by atoms with van der Waals surface area (Å²) < 4.78 is 27.0. The quantitative estimate of drug-likeness (QED) is 0.182. The van der Waals surface area contributed by atoms with Crippen LogP contribution in [0.2, 0.25) is 0 Å². The molecule has 1 unspecified atom stereocenters. The zero-order chi connectivity index (χ0) is 23.9. The molecule has 3 heterocycles. The van der Waals surface area contributed by atoms with E-state index in [1.54, 1.807) is 0 Å². The summed E-state index contributed by atoms with van der Waals surface area (Å²) in [6, 6.07) is 0. The second-order valence-corrected chi connectivity index (χ2v) is 8.30. The summed E-state index contributed by atoms with van der Waals surface area (Å²) in [4.78, 5) is 0. The largest absolute Gasteiger partial charge is 0.394 e. The van der Waals surface area contributed by atoms with Crippen molar-refractivity contribution in [1.82, 2.24) is 0 Å². The Morgan fingerprint density at radius 2 is 1.06 bits per heavy atom. The maximum absolute atomic E-state index is 10.6. The first-order valence-corrected chi connectivity index (χ1v) is 10.3. The second-order valence-electron chi connectivity index (χ2n) is 8.30. The molecule has 3 saturated heterocycles. The third-order valence-corrected chi connectivity index (χ3v) is 6.02. The van der Waals surface area contributed by atoms with Gasteiger partial charge in [-0.3, -0.25) is 0 Å². The van der Waals surface area contributed by atoms with Gasteiger partial charge >= 0.3 is 0 Å². The van der Waals surface area contributed by atoms with E-state index in [2.05, 4.69) is 0 Å². The van der Waals surface area contributed by atoms with E-state index >= 15 is 0 Å². The highest BCUT2D eigenvalue weighted by atomic mass is 16.8. The Labute approximate surface area is 183 Å². The highest BCUT2D eigenvalue weighted by Crippen LogP contribution is 2.32. The van der Waals surface area contributed by atoms with E-state index in [1.807, 2.05) is 0 Å². The summed E-state index contributed by atoms with van der Waals surface area (Å²) in [6.45, 7) is 2.14. The molecule has 32 heavy (non-hydrogen) atoms. The Balaban J connectivity index is 1.79. The number of aliphatic hydroxyl groups excluding tert-OH is 9. The zero-order valence-electron chi connectivity index (χ0n) is 17.4. The molecule has 15 atom stereocenters. The first-order chi connectivity index (χ1) is 15.0. The molecule has 14 heteroatoms. The molecule has 0 bridgehead atoms. The van der Waals surface area contributed by atoms with E-state index in [4.69, 9.17) is 23.7 Å². The average Bonchev–Trinajstić information content (AvgIpc) is 2.76. The molecular weight excluding hydrogens is 440 g/mol. The highest BCUT2D eigenvalue weighted by molar-refractivity contribution is 4.95. The van der Waals surface area contributed by atoms with Crippen LogP contribution in [0.3, 0.4) is 0 Å². The number of rotatable bonds is 5. The van der Waals surface area contributed by atoms with E-state index in [1.165, 1.54) is 13.8 Å². The van der Waals surface area contributed by atoms with Crippen molar-refractivity contribution in [1.29, 1.82) is 0 Å². The van der Waals surface area contributed by atoms with Crippen molar-refractivity contribution in [3.8, 4) is 0 Å². The molecular formula is C18H32O14. The van der Waals surface area contributed by atoms with Crippen molar-refractivity contribution >= 4 is 0 Å². The Kier molecular flexibility index (Phi) is 8.44. The minimum atomic E-state index is -1.80. The fraction of sp³-hybridized carbons (Fsp3) is 1.00. The van der Waals surface area contributed by atoms with Crippen LogP contribution in [0.15, 0.2) is 0 Å². The smallest absolute Gasteiger partial charge is 0.187 e. The topological polar surface area (TPSA) is 228 Å². The Hall–Kier alpha value is -0.560. The van der Waals surface area contributed by atoms with Gasteiger partial charge in [0.15, 0.2) is 18.9 Å². The number of aliphatic hydroxyl groups is 9. The molecule has 0 spiro atoms. The molecule has 9 N–H and O–H groups in total. The van der Waals surface area contributed by atoms with Gasteiger partial charge in [0, 0.05) is 0 Å². The highest BCUT2D eigenvalue weighted by Gasteiger charge is 2.52. The zero-order valence-corrected chi connectivity index (χ0v) is 17.4. The van der Waals surface area contributed by atoms with Crippen LogP contribution in [0.5, 0.6) is 0 Å².